The summed E-state index contributed by atoms with van der Waals surface area (Å²) in [6.07, 6.45) is -3.30. The first kappa shape index (κ1) is 34.8. The zero-order valence-corrected chi connectivity index (χ0v) is 27.9. The van der Waals surface area contributed by atoms with E-state index in [1.165, 1.54) is 0 Å². The summed E-state index contributed by atoms with van der Waals surface area (Å²) in [7, 11) is 3.89. The van der Waals surface area contributed by atoms with Crippen LogP contribution in [0.5, 0.6) is 0 Å². The molecule has 4 aliphatic heterocycles. The van der Waals surface area contributed by atoms with Gasteiger partial charge in [0.2, 0.25) is 0 Å². The number of carbonyl (C=O) groups excluding carboxylic acids is 1. The summed E-state index contributed by atoms with van der Waals surface area (Å²) < 4.78 is 39.1. The number of hydrogen-bond donors (Lipinski definition) is 2. The molecule has 0 aromatic rings. The molecule has 4 unspecified atom stereocenters. The minimum absolute atomic E-state index is 0.0693. The van der Waals surface area contributed by atoms with Gasteiger partial charge in [-0.2, -0.15) is 0 Å². The highest BCUT2D eigenvalue weighted by Crippen LogP contribution is 2.47. The van der Waals surface area contributed by atoms with Crippen LogP contribution in [0.2, 0.25) is 0 Å². The predicted octanol–water partition coefficient (Wildman–Crippen LogP) is 3.32. The van der Waals surface area contributed by atoms with E-state index in [1.54, 1.807) is 0 Å². The van der Waals surface area contributed by atoms with Crippen LogP contribution in [-0.4, -0.2) is 115 Å². The predicted molar refractivity (Wildman–Crippen MR) is 161 cm³/mol. The number of hydrogen-bond acceptors (Lipinski definition) is 10. The molecule has 0 aliphatic carbocycles. The van der Waals surface area contributed by atoms with Crippen LogP contribution in [-0.2, 0) is 33.2 Å². The van der Waals surface area contributed by atoms with Crippen molar-refractivity contribution in [2.24, 2.45) is 23.7 Å². The van der Waals surface area contributed by atoms with Gasteiger partial charge in [0.25, 0.3) is 0 Å². The molecule has 4 rings (SSSR count). The normalized spacial score (nSPS) is 50.2. The Balaban J connectivity index is 1.82. The van der Waals surface area contributed by atoms with Gasteiger partial charge >= 0.3 is 5.97 Å². The maximum absolute atomic E-state index is 13.8. The number of ether oxygens (including phenoxy) is 6. The van der Waals surface area contributed by atoms with Crippen LogP contribution < -0.4 is 0 Å². The van der Waals surface area contributed by atoms with Crippen molar-refractivity contribution in [1.29, 1.82) is 0 Å². The van der Waals surface area contributed by atoms with Gasteiger partial charge in [0.15, 0.2) is 6.29 Å². The molecule has 4 fully saturated rings. The fourth-order valence-electron chi connectivity index (χ4n) is 8.14. The minimum Gasteiger partial charge on any atom is -0.459 e. The molecule has 0 amide bonds. The second-order valence-electron chi connectivity index (χ2n) is 14.5. The van der Waals surface area contributed by atoms with Gasteiger partial charge in [-0.25, -0.2) is 0 Å². The summed E-state index contributed by atoms with van der Waals surface area (Å²) >= 11 is 0. The Labute approximate surface area is 258 Å². The van der Waals surface area contributed by atoms with Crippen molar-refractivity contribution < 1.29 is 43.4 Å². The number of fused-ring (bicyclic) bond motifs is 5. The third kappa shape index (κ3) is 6.73. The SMILES string of the molecule is C=C1CO[C@H]2[C@@H](C)[C@@H](O[C@@H]3O[C@H](C)C[C@H](N(C)C)[C@H]3O)[C@@](C)(C[C@@H](C)C3OC(C)(C(O)C3C)[C@@H](CC)OC(=O)[C@@H]2C)OC1. The van der Waals surface area contributed by atoms with Crippen molar-refractivity contribution in [3.05, 3.63) is 12.2 Å². The van der Waals surface area contributed by atoms with Gasteiger partial charge in [-0.15, -0.1) is 0 Å². The van der Waals surface area contributed by atoms with Crippen molar-refractivity contribution >= 4 is 5.97 Å². The van der Waals surface area contributed by atoms with Crippen LogP contribution in [0.1, 0.15) is 74.7 Å². The molecule has 4 saturated heterocycles. The lowest BCUT2D eigenvalue weighted by molar-refractivity contribution is -0.303. The van der Waals surface area contributed by atoms with Gasteiger partial charge in [-0.3, -0.25) is 4.79 Å². The molecule has 0 aromatic heterocycles. The lowest BCUT2D eigenvalue weighted by atomic mass is 9.75. The Hall–Kier alpha value is -1.11. The van der Waals surface area contributed by atoms with Crippen molar-refractivity contribution in [1.82, 2.24) is 4.90 Å². The summed E-state index contributed by atoms with van der Waals surface area (Å²) in [5.41, 5.74) is -1.23. The molecule has 43 heavy (non-hydrogen) atoms. The maximum atomic E-state index is 13.8. The van der Waals surface area contributed by atoms with Gasteiger partial charge in [0, 0.05) is 17.9 Å². The average molecular weight is 612 g/mol. The third-order valence-electron chi connectivity index (χ3n) is 10.7. The first-order valence-corrected chi connectivity index (χ1v) is 16.2. The molecule has 0 radical (unpaired) electrons. The van der Waals surface area contributed by atoms with Gasteiger partial charge in [0.1, 0.15) is 17.8 Å². The summed E-state index contributed by atoms with van der Waals surface area (Å²) in [4.78, 5) is 15.8. The molecule has 4 bridgehead atoms. The van der Waals surface area contributed by atoms with Crippen LogP contribution >= 0.6 is 0 Å². The molecule has 4 heterocycles. The fourth-order valence-corrected chi connectivity index (χ4v) is 8.14. The number of cyclic esters (lactones) is 1. The van der Waals surface area contributed by atoms with Crippen molar-refractivity contribution in [2.75, 3.05) is 27.3 Å². The van der Waals surface area contributed by atoms with E-state index in [-0.39, 0.29) is 49.2 Å². The average Bonchev–Trinajstić information content (AvgIpc) is 3.20. The molecule has 0 aromatic carbocycles. The summed E-state index contributed by atoms with van der Waals surface area (Å²) in [6.45, 7) is 20.4. The molecule has 15 atom stereocenters. The lowest BCUT2D eigenvalue weighted by Gasteiger charge is -2.48. The minimum atomic E-state index is -1.06. The van der Waals surface area contributed by atoms with E-state index >= 15 is 0 Å². The standard InChI is InChI=1S/C33H57NO9/c1-12-24-33(9)28(36)20(5)26(43-33)18(3)14-32(8)29(42-31-25(35)23(34(10)11)13-19(4)40-31)21(6)27(22(7)30(37)41-24)38-15-17(2)16-39-32/h18-29,31,35-36H,2,12-16H2,1,3-11H3/t18-,19-,20?,21-,22-,23+,24-,25-,26?,27+,28?,29-,31+,32-,33?/m1/s1. The Morgan fingerprint density at radius 1 is 1.05 bits per heavy atom. The largest absolute Gasteiger partial charge is 0.459 e. The number of likely N-dealkylation sites (N-methyl/N-ethyl adjacent to an activating group) is 1. The maximum Gasteiger partial charge on any atom is 0.311 e. The monoisotopic (exact) mass is 611 g/mol. The van der Waals surface area contributed by atoms with Crippen molar-refractivity contribution in [3.8, 4) is 0 Å². The second-order valence-corrected chi connectivity index (χ2v) is 14.5. The topological polar surface area (TPSA) is 116 Å². The van der Waals surface area contributed by atoms with E-state index in [4.69, 9.17) is 28.4 Å². The number of aliphatic hydroxyl groups is 2. The van der Waals surface area contributed by atoms with Gasteiger partial charge < -0.3 is 43.5 Å². The van der Waals surface area contributed by atoms with Gasteiger partial charge in [0.05, 0.1) is 55.3 Å². The van der Waals surface area contributed by atoms with Crippen LogP contribution in [0.25, 0.3) is 0 Å². The summed E-state index contributed by atoms with van der Waals surface area (Å²) in [5.74, 6) is -1.75. The quantitative estimate of drug-likeness (QED) is 0.362. The fraction of sp³-hybridized carbons (Fsp3) is 0.909. The number of carbonyl (C=O) groups is 1. The summed E-state index contributed by atoms with van der Waals surface area (Å²) in [5, 5.41) is 22.9. The number of nitrogens with zero attached hydrogens (tertiary/aromatic N) is 1. The van der Waals surface area contributed by atoms with E-state index in [1.807, 2.05) is 67.5 Å². The zero-order chi connectivity index (χ0) is 32.0. The van der Waals surface area contributed by atoms with Gasteiger partial charge in [-0.05, 0) is 72.5 Å². The molecule has 4 aliphatic rings. The van der Waals surface area contributed by atoms with E-state index in [9.17, 15) is 15.0 Å². The molecule has 2 N–H and O–H groups in total. The highest BCUT2D eigenvalue weighted by atomic mass is 16.7. The molecule has 10 nitrogen and oxygen atoms in total. The Bertz CT molecular complexity index is 993. The van der Waals surface area contributed by atoms with Crippen LogP contribution in [0, 0.1) is 23.7 Å². The lowest BCUT2D eigenvalue weighted by Crippen LogP contribution is -2.59. The molecule has 248 valence electrons. The van der Waals surface area contributed by atoms with E-state index in [0.717, 1.165) is 5.57 Å². The molecule has 10 heteroatoms. The van der Waals surface area contributed by atoms with Crippen LogP contribution in [0.4, 0.5) is 0 Å². The number of esters is 1. The van der Waals surface area contributed by atoms with Crippen LogP contribution in [0.3, 0.4) is 0 Å². The Morgan fingerprint density at radius 2 is 1.72 bits per heavy atom. The molecular formula is C33H57NO9. The molecular weight excluding hydrogens is 554 g/mol. The first-order chi connectivity index (χ1) is 20.0. The number of rotatable bonds is 4. The van der Waals surface area contributed by atoms with E-state index in [2.05, 4.69) is 13.5 Å². The van der Waals surface area contributed by atoms with E-state index < -0.39 is 59.9 Å². The second kappa shape index (κ2) is 13.3. The summed E-state index contributed by atoms with van der Waals surface area (Å²) in [6, 6.07) is -0.154. The van der Waals surface area contributed by atoms with Crippen molar-refractivity contribution in [2.45, 2.75) is 141 Å². The van der Waals surface area contributed by atoms with Gasteiger partial charge in [-0.1, -0.05) is 34.3 Å². The van der Waals surface area contributed by atoms with E-state index in [0.29, 0.717) is 19.3 Å². The first-order valence-electron chi connectivity index (χ1n) is 16.2. The smallest absolute Gasteiger partial charge is 0.311 e. The highest BCUT2D eigenvalue weighted by Gasteiger charge is 2.58. The Morgan fingerprint density at radius 3 is 2.35 bits per heavy atom. The molecule has 0 saturated carbocycles. The van der Waals surface area contributed by atoms with Crippen molar-refractivity contribution in [3.63, 3.8) is 0 Å². The molecule has 0 spiro atoms. The number of aliphatic hydroxyl groups excluding tert-OH is 2. The third-order valence-corrected chi connectivity index (χ3v) is 10.7. The Kier molecular flexibility index (Phi) is 10.8. The highest BCUT2D eigenvalue weighted by molar-refractivity contribution is 5.73. The zero-order valence-electron chi connectivity index (χ0n) is 27.9. The van der Waals surface area contributed by atoms with Crippen LogP contribution in [0.15, 0.2) is 12.2 Å².